The van der Waals surface area contributed by atoms with Crippen LogP contribution in [0.4, 0.5) is 0 Å². The van der Waals surface area contributed by atoms with Gasteiger partial charge in [0.1, 0.15) is 0 Å². The molecule has 0 aromatic heterocycles. The lowest BCUT2D eigenvalue weighted by molar-refractivity contribution is 0.0897. The van der Waals surface area contributed by atoms with E-state index in [1.165, 1.54) is 39.3 Å². The van der Waals surface area contributed by atoms with Crippen molar-refractivity contribution in [1.82, 2.24) is 15.1 Å². The Hall–Kier alpha value is -0.120. The van der Waals surface area contributed by atoms with Crippen molar-refractivity contribution in [3.8, 4) is 0 Å². The van der Waals surface area contributed by atoms with Gasteiger partial charge in [-0.05, 0) is 38.9 Å². The molecule has 88 valence electrons. The van der Waals surface area contributed by atoms with Crippen molar-refractivity contribution < 1.29 is 0 Å². The van der Waals surface area contributed by atoms with Crippen molar-refractivity contribution in [1.29, 1.82) is 0 Å². The van der Waals surface area contributed by atoms with E-state index in [2.05, 4.69) is 36.0 Å². The first-order valence-electron chi connectivity index (χ1n) is 6.30. The van der Waals surface area contributed by atoms with Crippen LogP contribution in [0.2, 0.25) is 0 Å². The van der Waals surface area contributed by atoms with Crippen LogP contribution in [-0.4, -0.2) is 62.2 Å². The molecule has 0 amide bonds. The summed E-state index contributed by atoms with van der Waals surface area (Å²) in [6.07, 6.45) is 0. The van der Waals surface area contributed by atoms with Crippen LogP contribution in [0.3, 0.4) is 0 Å². The van der Waals surface area contributed by atoms with Crippen LogP contribution in [0.5, 0.6) is 0 Å². The van der Waals surface area contributed by atoms with Crippen molar-refractivity contribution in [3.63, 3.8) is 0 Å². The fraction of sp³-hybridized carbons (Fsp3) is 1.00. The first kappa shape index (κ1) is 11.4. The summed E-state index contributed by atoms with van der Waals surface area (Å²) >= 11 is 0. The van der Waals surface area contributed by atoms with E-state index in [9.17, 15) is 0 Å². The number of likely N-dealkylation sites (N-methyl/N-ethyl adjacent to an activating group) is 1. The van der Waals surface area contributed by atoms with Gasteiger partial charge in [0, 0.05) is 32.2 Å². The van der Waals surface area contributed by atoms with Gasteiger partial charge in [0.2, 0.25) is 0 Å². The molecule has 1 N–H and O–H groups in total. The number of nitrogens with zero attached hydrogens (tertiary/aromatic N) is 2. The molecule has 2 rings (SSSR count). The topological polar surface area (TPSA) is 18.5 Å². The van der Waals surface area contributed by atoms with Crippen molar-refractivity contribution in [2.24, 2.45) is 11.8 Å². The molecule has 0 bridgehead atoms. The average Bonchev–Trinajstić information content (AvgIpc) is 2.59. The van der Waals surface area contributed by atoms with Crippen LogP contribution < -0.4 is 5.32 Å². The zero-order chi connectivity index (χ0) is 10.8. The predicted octanol–water partition coefficient (Wildman–Crippen LogP) is 0.478. The molecule has 3 nitrogen and oxygen atoms in total. The summed E-state index contributed by atoms with van der Waals surface area (Å²) in [5.74, 6) is 1.74. The van der Waals surface area contributed by atoms with Crippen LogP contribution in [0.15, 0.2) is 0 Å². The van der Waals surface area contributed by atoms with Gasteiger partial charge in [-0.2, -0.15) is 0 Å². The summed E-state index contributed by atoms with van der Waals surface area (Å²) in [4.78, 5) is 5.12. The highest BCUT2D eigenvalue weighted by molar-refractivity contribution is 4.84. The molecule has 0 aliphatic carbocycles. The molecule has 0 aromatic carbocycles. The van der Waals surface area contributed by atoms with Crippen molar-refractivity contribution in [2.45, 2.75) is 19.9 Å². The van der Waals surface area contributed by atoms with Gasteiger partial charge in [-0.15, -0.1) is 0 Å². The maximum Gasteiger partial charge on any atom is 0.0192 e. The van der Waals surface area contributed by atoms with Crippen LogP contribution >= 0.6 is 0 Å². The molecule has 0 spiro atoms. The first-order valence-corrected chi connectivity index (χ1v) is 6.30. The predicted molar refractivity (Wildman–Crippen MR) is 64.1 cm³/mol. The lowest BCUT2D eigenvalue weighted by atomic mass is 9.97. The third-order valence-electron chi connectivity index (χ3n) is 4.21. The molecular formula is C12H25N3. The van der Waals surface area contributed by atoms with Gasteiger partial charge in [0.25, 0.3) is 0 Å². The summed E-state index contributed by atoms with van der Waals surface area (Å²) < 4.78 is 0. The quantitative estimate of drug-likeness (QED) is 0.717. The summed E-state index contributed by atoms with van der Waals surface area (Å²) in [7, 11) is 2.24. The normalized spacial score (nSPS) is 39.8. The summed E-state index contributed by atoms with van der Waals surface area (Å²) in [5, 5.41) is 3.49. The standard InChI is InChI=1S/C12H25N3/c1-10-6-13-7-12(10)9-15-5-4-14(3)11(2)8-15/h10-13H,4-9H2,1-3H3. The molecule has 2 fully saturated rings. The van der Waals surface area contributed by atoms with Gasteiger partial charge in [-0.3, -0.25) is 0 Å². The molecule has 0 radical (unpaired) electrons. The number of piperazine rings is 1. The molecule has 15 heavy (non-hydrogen) atoms. The van der Waals surface area contributed by atoms with Crippen molar-refractivity contribution in [2.75, 3.05) is 46.3 Å². The number of hydrogen-bond donors (Lipinski definition) is 1. The molecule has 3 atom stereocenters. The minimum Gasteiger partial charge on any atom is -0.316 e. The summed E-state index contributed by atoms with van der Waals surface area (Å²) in [6.45, 7) is 12.2. The summed E-state index contributed by atoms with van der Waals surface area (Å²) in [6, 6.07) is 0.725. The Kier molecular flexibility index (Phi) is 3.65. The second-order valence-corrected chi connectivity index (χ2v) is 5.48. The van der Waals surface area contributed by atoms with E-state index in [0.29, 0.717) is 0 Å². The van der Waals surface area contributed by atoms with Gasteiger partial charge in [0.15, 0.2) is 0 Å². The van der Waals surface area contributed by atoms with E-state index in [-0.39, 0.29) is 0 Å². The molecule has 0 aromatic rings. The molecule has 2 aliphatic heterocycles. The molecule has 3 heteroatoms. The number of rotatable bonds is 2. The molecular weight excluding hydrogens is 186 g/mol. The maximum atomic E-state index is 3.49. The maximum absolute atomic E-state index is 3.49. The van der Waals surface area contributed by atoms with Gasteiger partial charge >= 0.3 is 0 Å². The second-order valence-electron chi connectivity index (χ2n) is 5.48. The van der Waals surface area contributed by atoms with Crippen molar-refractivity contribution in [3.05, 3.63) is 0 Å². The third-order valence-corrected chi connectivity index (χ3v) is 4.21. The van der Waals surface area contributed by atoms with Gasteiger partial charge in [-0.25, -0.2) is 0 Å². The minimum absolute atomic E-state index is 0.725. The highest BCUT2D eigenvalue weighted by atomic mass is 15.3. The van der Waals surface area contributed by atoms with E-state index in [0.717, 1.165) is 17.9 Å². The zero-order valence-electron chi connectivity index (χ0n) is 10.4. The Morgan fingerprint density at radius 3 is 2.60 bits per heavy atom. The van der Waals surface area contributed by atoms with E-state index < -0.39 is 0 Å². The number of nitrogens with one attached hydrogen (secondary N) is 1. The average molecular weight is 211 g/mol. The monoisotopic (exact) mass is 211 g/mol. The van der Waals surface area contributed by atoms with Gasteiger partial charge < -0.3 is 15.1 Å². The fourth-order valence-corrected chi connectivity index (χ4v) is 2.73. The lowest BCUT2D eigenvalue weighted by Gasteiger charge is -2.39. The Morgan fingerprint density at radius 1 is 1.20 bits per heavy atom. The number of hydrogen-bond acceptors (Lipinski definition) is 3. The van der Waals surface area contributed by atoms with E-state index in [4.69, 9.17) is 0 Å². The van der Waals surface area contributed by atoms with Crippen LogP contribution in [0.1, 0.15) is 13.8 Å². The Morgan fingerprint density at radius 2 is 2.00 bits per heavy atom. The van der Waals surface area contributed by atoms with E-state index in [1.54, 1.807) is 0 Å². The molecule has 3 unspecified atom stereocenters. The second kappa shape index (κ2) is 4.81. The Labute approximate surface area is 93.8 Å². The van der Waals surface area contributed by atoms with Gasteiger partial charge in [0.05, 0.1) is 0 Å². The van der Waals surface area contributed by atoms with Gasteiger partial charge in [-0.1, -0.05) is 6.92 Å². The molecule has 0 saturated carbocycles. The molecule has 2 aliphatic rings. The molecule has 2 heterocycles. The van der Waals surface area contributed by atoms with E-state index >= 15 is 0 Å². The van der Waals surface area contributed by atoms with Crippen LogP contribution in [-0.2, 0) is 0 Å². The first-order chi connectivity index (χ1) is 7.16. The smallest absolute Gasteiger partial charge is 0.0192 e. The van der Waals surface area contributed by atoms with Crippen molar-refractivity contribution >= 4 is 0 Å². The minimum atomic E-state index is 0.725. The Bertz CT molecular complexity index is 207. The zero-order valence-corrected chi connectivity index (χ0v) is 10.4. The fourth-order valence-electron chi connectivity index (χ4n) is 2.73. The van der Waals surface area contributed by atoms with E-state index in [1.807, 2.05) is 0 Å². The highest BCUT2D eigenvalue weighted by Gasteiger charge is 2.27. The largest absolute Gasteiger partial charge is 0.316 e. The highest BCUT2D eigenvalue weighted by Crippen LogP contribution is 2.18. The molecule has 2 saturated heterocycles. The Balaban J connectivity index is 1.80. The third kappa shape index (κ3) is 2.71. The SMILES string of the molecule is CC1CNCC1CN1CCN(C)C(C)C1. The lowest BCUT2D eigenvalue weighted by Crippen LogP contribution is -2.51. The summed E-state index contributed by atoms with van der Waals surface area (Å²) in [5.41, 5.74) is 0. The van der Waals surface area contributed by atoms with Crippen LogP contribution in [0.25, 0.3) is 0 Å². The van der Waals surface area contributed by atoms with Crippen LogP contribution in [0, 0.1) is 11.8 Å².